The van der Waals surface area contributed by atoms with Crippen molar-refractivity contribution in [1.82, 2.24) is 4.98 Å². The predicted octanol–water partition coefficient (Wildman–Crippen LogP) is 3.49. The van der Waals surface area contributed by atoms with Crippen molar-refractivity contribution in [3.05, 3.63) is 65.4 Å². The normalized spacial score (nSPS) is 10.6. The van der Waals surface area contributed by atoms with E-state index in [-0.39, 0.29) is 6.61 Å². The summed E-state index contributed by atoms with van der Waals surface area (Å²) in [5.41, 5.74) is 2.89. The van der Waals surface area contributed by atoms with E-state index in [0.717, 1.165) is 16.5 Å². The number of anilines is 1. The minimum Gasteiger partial charge on any atom is -0.497 e. The molecule has 3 aromatic rings. The highest BCUT2D eigenvalue weighted by Gasteiger charge is 2.21. The van der Waals surface area contributed by atoms with Crippen molar-refractivity contribution < 1.29 is 23.8 Å². The van der Waals surface area contributed by atoms with Gasteiger partial charge in [-0.15, -0.1) is 0 Å². The van der Waals surface area contributed by atoms with Gasteiger partial charge in [0.05, 0.1) is 30.5 Å². The molecule has 0 spiro atoms. The molecule has 0 radical (unpaired) electrons. The second-order valence-corrected chi connectivity index (χ2v) is 6.36. The van der Waals surface area contributed by atoms with Gasteiger partial charge in [0.2, 0.25) is 0 Å². The first-order valence-corrected chi connectivity index (χ1v) is 9.01. The number of carbonyl (C=O) groups excluding carboxylic acids is 2. The molecule has 0 aliphatic heterocycles. The van der Waals surface area contributed by atoms with Crippen molar-refractivity contribution in [2.24, 2.45) is 0 Å². The van der Waals surface area contributed by atoms with Gasteiger partial charge >= 0.3 is 5.97 Å². The van der Waals surface area contributed by atoms with Crippen molar-refractivity contribution in [2.45, 2.75) is 13.5 Å². The number of carbonyl (C=O) groups is 2. The van der Waals surface area contributed by atoms with Crippen LogP contribution in [0.2, 0.25) is 0 Å². The molecule has 2 aromatic carbocycles. The fourth-order valence-electron chi connectivity index (χ4n) is 3.03. The molecule has 0 fully saturated rings. The maximum atomic E-state index is 12.7. The third kappa shape index (κ3) is 4.70. The Kier molecular flexibility index (Phi) is 6.41. The first kappa shape index (κ1) is 20.3. The molecular formula is C22H22N2O5. The highest BCUT2D eigenvalue weighted by atomic mass is 16.5. The number of fused-ring (bicyclic) bond motifs is 1. The van der Waals surface area contributed by atoms with Crippen molar-refractivity contribution in [2.75, 3.05) is 26.1 Å². The highest BCUT2D eigenvalue weighted by molar-refractivity contribution is 6.00. The molecule has 0 unspecified atom stereocenters. The Morgan fingerprint density at radius 1 is 1.03 bits per heavy atom. The molecule has 7 heteroatoms. The average molecular weight is 394 g/mol. The highest BCUT2D eigenvalue weighted by Crippen LogP contribution is 2.24. The number of nitrogens with one attached hydrogen (secondary N) is 1. The molecule has 7 nitrogen and oxygen atoms in total. The molecule has 1 aromatic heterocycles. The zero-order valence-corrected chi connectivity index (χ0v) is 16.5. The first-order chi connectivity index (χ1) is 14.0. The molecule has 0 saturated carbocycles. The summed E-state index contributed by atoms with van der Waals surface area (Å²) in [7, 11) is 3.10. The minimum atomic E-state index is -0.613. The van der Waals surface area contributed by atoms with Gasteiger partial charge in [-0.1, -0.05) is 18.2 Å². The van der Waals surface area contributed by atoms with Gasteiger partial charge in [0.25, 0.3) is 5.91 Å². The van der Waals surface area contributed by atoms with Crippen LogP contribution in [0.3, 0.4) is 0 Å². The van der Waals surface area contributed by atoms with Crippen LogP contribution in [0.1, 0.15) is 21.6 Å². The van der Waals surface area contributed by atoms with Gasteiger partial charge in [-0.25, -0.2) is 9.78 Å². The lowest BCUT2D eigenvalue weighted by Crippen LogP contribution is -2.22. The first-order valence-electron chi connectivity index (χ1n) is 9.01. The number of nitrogens with zero attached hydrogens (tertiary/aromatic N) is 1. The fourth-order valence-corrected chi connectivity index (χ4v) is 3.03. The largest absolute Gasteiger partial charge is 0.497 e. The Bertz CT molecular complexity index is 1030. The molecule has 3 rings (SSSR count). The summed E-state index contributed by atoms with van der Waals surface area (Å²) in [4.78, 5) is 29.4. The number of aryl methyl sites for hydroxylation is 1. The number of esters is 1. The van der Waals surface area contributed by atoms with E-state index in [1.54, 1.807) is 31.4 Å². The summed E-state index contributed by atoms with van der Waals surface area (Å²) < 4.78 is 15.5. The molecule has 150 valence electrons. The van der Waals surface area contributed by atoms with E-state index >= 15 is 0 Å². The smallest absolute Gasteiger partial charge is 0.340 e. The molecule has 1 N–H and O–H groups in total. The lowest BCUT2D eigenvalue weighted by atomic mass is 10.0. The predicted molar refractivity (Wildman–Crippen MR) is 109 cm³/mol. The molecule has 29 heavy (non-hydrogen) atoms. The number of para-hydroxylation sites is 1. The third-order valence-electron chi connectivity index (χ3n) is 4.42. The SMILES string of the molecule is COCc1nc2ccccc2c(C)c1C(=O)OCC(=O)Nc1ccc(OC)cc1. The van der Waals surface area contributed by atoms with Crippen LogP contribution in [0.15, 0.2) is 48.5 Å². The number of hydrogen-bond donors (Lipinski definition) is 1. The van der Waals surface area contributed by atoms with Crippen molar-refractivity contribution >= 4 is 28.5 Å². The fraction of sp³-hybridized carbons (Fsp3) is 0.227. The number of methoxy groups -OCH3 is 2. The number of benzene rings is 2. The Morgan fingerprint density at radius 3 is 2.45 bits per heavy atom. The summed E-state index contributed by atoms with van der Waals surface area (Å²) in [5.74, 6) is -0.375. The van der Waals surface area contributed by atoms with E-state index in [1.165, 1.54) is 7.11 Å². The van der Waals surface area contributed by atoms with Crippen LogP contribution >= 0.6 is 0 Å². The van der Waals surface area contributed by atoms with Gasteiger partial charge in [-0.05, 0) is 42.8 Å². The lowest BCUT2D eigenvalue weighted by Gasteiger charge is -2.14. The molecule has 0 aliphatic rings. The maximum absolute atomic E-state index is 12.7. The number of amides is 1. The Labute approximate surface area is 168 Å². The molecule has 0 aliphatic carbocycles. The van der Waals surface area contributed by atoms with Crippen LogP contribution in [0.25, 0.3) is 10.9 Å². The van der Waals surface area contributed by atoms with Gasteiger partial charge in [-0.2, -0.15) is 0 Å². The van der Waals surface area contributed by atoms with Crippen LogP contribution in [-0.4, -0.2) is 37.7 Å². The quantitative estimate of drug-likeness (QED) is 0.617. The molecule has 0 saturated heterocycles. The third-order valence-corrected chi connectivity index (χ3v) is 4.42. The van der Waals surface area contributed by atoms with Gasteiger partial charge in [0, 0.05) is 18.2 Å². The van der Waals surface area contributed by atoms with Crippen molar-refractivity contribution in [3.8, 4) is 5.75 Å². The van der Waals surface area contributed by atoms with Gasteiger partial charge in [0.1, 0.15) is 5.75 Å². The maximum Gasteiger partial charge on any atom is 0.340 e. The number of pyridine rings is 1. The van der Waals surface area contributed by atoms with E-state index in [2.05, 4.69) is 10.3 Å². The van der Waals surface area contributed by atoms with Crippen molar-refractivity contribution in [3.63, 3.8) is 0 Å². The summed E-state index contributed by atoms with van der Waals surface area (Å²) in [6, 6.07) is 14.4. The van der Waals surface area contributed by atoms with Gasteiger partial charge < -0.3 is 19.5 Å². The monoisotopic (exact) mass is 394 g/mol. The lowest BCUT2D eigenvalue weighted by molar-refractivity contribution is -0.119. The average Bonchev–Trinajstić information content (AvgIpc) is 2.73. The molecular weight excluding hydrogens is 372 g/mol. The summed E-state index contributed by atoms with van der Waals surface area (Å²) in [6.07, 6.45) is 0. The van der Waals surface area contributed by atoms with E-state index in [0.29, 0.717) is 22.7 Å². The van der Waals surface area contributed by atoms with Crippen LogP contribution in [-0.2, 0) is 20.9 Å². The Morgan fingerprint density at radius 2 is 1.76 bits per heavy atom. The van der Waals surface area contributed by atoms with Crippen LogP contribution < -0.4 is 10.1 Å². The van der Waals surface area contributed by atoms with Crippen molar-refractivity contribution in [1.29, 1.82) is 0 Å². The Balaban J connectivity index is 1.74. The second kappa shape index (κ2) is 9.16. The number of hydrogen-bond acceptors (Lipinski definition) is 6. The molecule has 0 atom stereocenters. The Hall–Kier alpha value is -3.45. The number of aromatic nitrogens is 1. The zero-order valence-electron chi connectivity index (χ0n) is 16.5. The van der Waals surface area contributed by atoms with E-state index in [1.807, 2.05) is 31.2 Å². The summed E-state index contributed by atoms with van der Waals surface area (Å²) >= 11 is 0. The second-order valence-electron chi connectivity index (χ2n) is 6.36. The topological polar surface area (TPSA) is 86.8 Å². The number of ether oxygens (including phenoxy) is 3. The minimum absolute atomic E-state index is 0.161. The van der Waals surface area contributed by atoms with Crippen LogP contribution in [0.4, 0.5) is 5.69 Å². The van der Waals surface area contributed by atoms with Gasteiger partial charge in [0.15, 0.2) is 6.61 Å². The van der Waals surface area contributed by atoms with Crippen LogP contribution in [0.5, 0.6) is 5.75 Å². The summed E-state index contributed by atoms with van der Waals surface area (Å²) in [6.45, 7) is 1.58. The molecule has 1 amide bonds. The summed E-state index contributed by atoms with van der Waals surface area (Å²) in [5, 5.41) is 3.52. The standard InChI is InChI=1S/C22H22N2O5/c1-14-17-6-4-5-7-18(17)24-19(12-27-2)21(14)22(26)29-13-20(25)23-15-8-10-16(28-3)11-9-15/h4-11H,12-13H2,1-3H3,(H,23,25). The number of rotatable bonds is 7. The van der Waals surface area contributed by atoms with E-state index in [9.17, 15) is 9.59 Å². The zero-order chi connectivity index (χ0) is 20.8. The van der Waals surface area contributed by atoms with E-state index < -0.39 is 18.5 Å². The molecule has 0 bridgehead atoms. The van der Waals surface area contributed by atoms with E-state index in [4.69, 9.17) is 14.2 Å². The van der Waals surface area contributed by atoms with Crippen LogP contribution in [0, 0.1) is 6.92 Å². The molecule has 1 heterocycles. The van der Waals surface area contributed by atoms with Gasteiger partial charge in [-0.3, -0.25) is 4.79 Å².